The number of aromatic nitrogens is 6. The zero-order chi connectivity index (χ0) is 29.0. The van der Waals surface area contributed by atoms with Crippen molar-refractivity contribution in [3.63, 3.8) is 0 Å². The van der Waals surface area contributed by atoms with Gasteiger partial charge in [0, 0.05) is 19.4 Å². The van der Waals surface area contributed by atoms with E-state index in [9.17, 15) is 27.6 Å². The van der Waals surface area contributed by atoms with Gasteiger partial charge in [-0.2, -0.15) is 13.2 Å². The molecule has 206 valence electrons. The van der Waals surface area contributed by atoms with Gasteiger partial charge in [0.05, 0.1) is 24.3 Å². The summed E-state index contributed by atoms with van der Waals surface area (Å²) in [5, 5.41) is 2.58. The van der Waals surface area contributed by atoms with Crippen molar-refractivity contribution in [2.75, 3.05) is 5.32 Å². The molecule has 4 aromatic heterocycles. The average Bonchev–Trinajstić information content (AvgIpc) is 3.33. The van der Waals surface area contributed by atoms with E-state index in [0.717, 1.165) is 10.8 Å². The third-order valence-corrected chi connectivity index (χ3v) is 5.67. The molecule has 0 radical (unpaired) electrons. The second-order valence-corrected chi connectivity index (χ2v) is 8.48. The Kier molecular flexibility index (Phi) is 7.83. The van der Waals surface area contributed by atoms with Crippen LogP contribution in [0.4, 0.5) is 19.0 Å². The normalized spacial score (nSPS) is 12.5. The molecule has 0 spiro atoms. The maximum Gasteiger partial charge on any atom is 0.451 e. The van der Waals surface area contributed by atoms with Gasteiger partial charge in [-0.05, 0) is 43.5 Å². The predicted molar refractivity (Wildman–Crippen MR) is 142 cm³/mol. The quantitative estimate of drug-likeness (QED) is 0.275. The number of anilines is 1. The van der Waals surface area contributed by atoms with E-state index in [1.165, 1.54) is 41.6 Å². The minimum absolute atomic E-state index is 0.0443. The van der Waals surface area contributed by atoms with E-state index < -0.39 is 29.2 Å². The summed E-state index contributed by atoms with van der Waals surface area (Å²) < 4.78 is 42.0. The molecule has 0 atom stereocenters. The van der Waals surface area contributed by atoms with Gasteiger partial charge in [0.1, 0.15) is 12.4 Å². The monoisotopic (exact) mass is 553 g/mol. The number of carbonyl (C=O) groups excluding carboxylic acids is 1. The molecule has 12 nitrogen and oxygen atoms in total. The number of aryl methyl sites for hydroxylation is 1. The van der Waals surface area contributed by atoms with Gasteiger partial charge in [0.2, 0.25) is 11.7 Å². The van der Waals surface area contributed by atoms with Crippen LogP contribution in [-0.4, -0.2) is 53.3 Å². The summed E-state index contributed by atoms with van der Waals surface area (Å²) in [5.41, 5.74) is -0.0394. The third kappa shape index (κ3) is 5.92. The van der Waals surface area contributed by atoms with E-state index >= 15 is 0 Å². The number of hydrogen-bond donors (Lipinski definition) is 1. The average molecular weight is 554 g/mol. The number of halogens is 3. The molecule has 0 aromatic carbocycles. The van der Waals surface area contributed by atoms with Crippen molar-refractivity contribution in [3.05, 3.63) is 87.3 Å². The maximum absolute atomic E-state index is 13.3. The number of rotatable bonds is 7. The number of pyridine rings is 2. The number of nitrogens with zero attached hydrogens (tertiary/aromatic N) is 8. The minimum atomic E-state index is -4.76. The lowest BCUT2D eigenvalue weighted by atomic mass is 10.2. The number of imidazole rings is 1. The molecule has 0 fully saturated rings. The van der Waals surface area contributed by atoms with Crippen molar-refractivity contribution in [1.29, 1.82) is 0 Å². The molecule has 4 heterocycles. The second kappa shape index (κ2) is 11.3. The van der Waals surface area contributed by atoms with Crippen LogP contribution in [0.5, 0.6) is 0 Å². The number of alkyl halides is 3. The van der Waals surface area contributed by atoms with E-state index in [2.05, 4.69) is 37.0 Å². The zero-order valence-electron chi connectivity index (χ0n) is 21.3. The summed E-state index contributed by atoms with van der Waals surface area (Å²) in [4.78, 5) is 57.6. The largest absolute Gasteiger partial charge is 0.451 e. The topological polar surface area (TPSA) is 141 Å². The zero-order valence-corrected chi connectivity index (χ0v) is 21.3. The molecule has 4 rings (SSSR count). The first kappa shape index (κ1) is 27.8. The summed E-state index contributed by atoms with van der Waals surface area (Å²) >= 11 is 0. The van der Waals surface area contributed by atoms with Crippen LogP contribution < -0.4 is 16.6 Å². The Labute approximate surface area is 223 Å². The standard InChI is InChI=1S/C25H22F3N9O3/c1-15(11-31-23(29-2)25(26,27)28)17-8-6-9-18(33-17)34-19(38)13-36-14-32-21-20(36)22(39)37(24(40)35(21)3)12-16-7-4-5-10-30-16/h4-11,14H,2,12-13H2,1,3H3,(H,33,34,38)/b15-11+,31-23-. The van der Waals surface area contributed by atoms with Crippen molar-refractivity contribution in [3.8, 4) is 0 Å². The summed E-state index contributed by atoms with van der Waals surface area (Å²) in [5.74, 6) is -1.86. The Hall–Kier alpha value is -5.21. The SMILES string of the molecule is C=N/C(=N\C=C(/C)c1cccc(NC(=O)Cn2cnc3c2c(=O)n(Cc2ccccn2)c(=O)n3C)n1)C(F)(F)F. The molecule has 40 heavy (non-hydrogen) atoms. The Morgan fingerprint density at radius 1 is 1.15 bits per heavy atom. The highest BCUT2D eigenvalue weighted by Gasteiger charge is 2.35. The number of aliphatic imine (C=N–C) groups is 2. The van der Waals surface area contributed by atoms with Crippen LogP contribution in [0.3, 0.4) is 0 Å². The van der Waals surface area contributed by atoms with E-state index in [1.807, 2.05) is 0 Å². The van der Waals surface area contributed by atoms with Crippen molar-refractivity contribution in [1.82, 2.24) is 28.7 Å². The van der Waals surface area contributed by atoms with Gasteiger partial charge >= 0.3 is 11.9 Å². The summed E-state index contributed by atoms with van der Waals surface area (Å²) in [6, 6.07) is 9.68. The molecule has 1 N–H and O–H groups in total. The highest BCUT2D eigenvalue weighted by molar-refractivity contribution is 5.92. The number of amides is 1. The molecule has 0 bridgehead atoms. The number of amidine groups is 1. The van der Waals surface area contributed by atoms with Crippen LogP contribution in [-0.2, 0) is 24.9 Å². The Morgan fingerprint density at radius 3 is 2.60 bits per heavy atom. The highest BCUT2D eigenvalue weighted by atomic mass is 19.4. The maximum atomic E-state index is 13.3. The summed E-state index contributed by atoms with van der Waals surface area (Å²) in [7, 11) is 1.47. The van der Waals surface area contributed by atoms with E-state index in [4.69, 9.17) is 0 Å². The van der Waals surface area contributed by atoms with Gasteiger partial charge in [-0.25, -0.2) is 24.7 Å². The first-order valence-corrected chi connectivity index (χ1v) is 11.6. The van der Waals surface area contributed by atoms with Gasteiger partial charge in [-0.3, -0.25) is 23.7 Å². The summed E-state index contributed by atoms with van der Waals surface area (Å²) in [6.45, 7) is 3.96. The first-order chi connectivity index (χ1) is 19.0. The highest BCUT2D eigenvalue weighted by Crippen LogP contribution is 2.20. The van der Waals surface area contributed by atoms with Crippen molar-refractivity contribution in [2.24, 2.45) is 17.0 Å². The molecular formula is C25H22F3N9O3. The van der Waals surface area contributed by atoms with Gasteiger partial charge in [-0.1, -0.05) is 12.1 Å². The van der Waals surface area contributed by atoms with Crippen LogP contribution >= 0.6 is 0 Å². The molecule has 0 aliphatic heterocycles. The molecular weight excluding hydrogens is 531 g/mol. The lowest BCUT2D eigenvalue weighted by Crippen LogP contribution is -2.40. The van der Waals surface area contributed by atoms with Gasteiger partial charge in [-0.15, -0.1) is 0 Å². The lowest BCUT2D eigenvalue weighted by molar-refractivity contribution is -0.116. The fourth-order valence-electron chi connectivity index (χ4n) is 3.72. The number of hydrogen-bond acceptors (Lipinski definition) is 7. The van der Waals surface area contributed by atoms with Crippen molar-refractivity contribution in [2.45, 2.75) is 26.2 Å². The molecule has 0 saturated heterocycles. The van der Waals surface area contributed by atoms with E-state index in [0.29, 0.717) is 5.69 Å². The Bertz CT molecular complexity index is 1770. The van der Waals surface area contributed by atoms with Crippen molar-refractivity contribution >= 4 is 41.0 Å². The van der Waals surface area contributed by atoms with E-state index in [1.54, 1.807) is 30.5 Å². The van der Waals surface area contributed by atoms with Gasteiger partial charge in [0.15, 0.2) is 11.2 Å². The number of carbonyl (C=O) groups is 1. The second-order valence-electron chi connectivity index (χ2n) is 8.48. The molecule has 1 amide bonds. The molecule has 0 unspecified atom stereocenters. The Morgan fingerprint density at radius 2 is 1.93 bits per heavy atom. The molecule has 15 heteroatoms. The molecule has 0 aliphatic rings. The number of allylic oxidation sites excluding steroid dienone is 1. The van der Waals surface area contributed by atoms with Gasteiger partial charge < -0.3 is 9.88 Å². The summed E-state index contributed by atoms with van der Waals surface area (Å²) in [6.07, 6.45) is -0.989. The first-order valence-electron chi connectivity index (χ1n) is 11.6. The third-order valence-electron chi connectivity index (χ3n) is 5.67. The number of nitrogens with one attached hydrogen (secondary N) is 1. The lowest BCUT2D eigenvalue weighted by Gasteiger charge is -2.10. The fraction of sp³-hybridized carbons (Fsp3) is 0.200. The minimum Gasteiger partial charge on any atom is -0.315 e. The van der Waals surface area contributed by atoms with Crippen LogP contribution in [0, 0.1) is 0 Å². The van der Waals surface area contributed by atoms with Crippen molar-refractivity contribution < 1.29 is 18.0 Å². The number of fused-ring (bicyclic) bond motifs is 1. The molecule has 0 aliphatic carbocycles. The predicted octanol–water partition coefficient (Wildman–Crippen LogP) is 2.40. The molecule has 4 aromatic rings. The molecule has 0 saturated carbocycles. The van der Waals surface area contributed by atoms with Crippen LogP contribution in [0.1, 0.15) is 18.3 Å². The van der Waals surface area contributed by atoms with Crippen LogP contribution in [0.15, 0.2) is 74.7 Å². The fourth-order valence-corrected chi connectivity index (χ4v) is 3.72. The van der Waals surface area contributed by atoms with Crippen LogP contribution in [0.25, 0.3) is 16.7 Å². The smallest absolute Gasteiger partial charge is 0.315 e. The van der Waals surface area contributed by atoms with Gasteiger partial charge in [0.25, 0.3) is 5.56 Å². The Balaban J connectivity index is 1.58. The van der Waals surface area contributed by atoms with Crippen LogP contribution in [0.2, 0.25) is 0 Å². The van der Waals surface area contributed by atoms with E-state index in [-0.39, 0.29) is 41.3 Å².